The van der Waals surface area contributed by atoms with E-state index in [1.165, 1.54) is 11.3 Å². The third kappa shape index (κ3) is 6.30. The van der Waals surface area contributed by atoms with Crippen molar-refractivity contribution in [2.45, 2.75) is 90.3 Å². The van der Waals surface area contributed by atoms with Crippen LogP contribution in [0, 0.1) is 23.2 Å². The number of aromatic nitrogens is 7. The van der Waals surface area contributed by atoms with Crippen LogP contribution in [0.2, 0.25) is 0 Å². The van der Waals surface area contributed by atoms with Gasteiger partial charge in [0.05, 0.1) is 17.2 Å². The first kappa shape index (κ1) is 31.5. The summed E-state index contributed by atoms with van der Waals surface area (Å²) in [6, 6.07) is 4.38. The molecule has 1 saturated heterocycles. The molecule has 4 aromatic rings. The predicted octanol–water partition coefficient (Wildman–Crippen LogP) is 4.69. The Labute approximate surface area is 279 Å². The third-order valence-electron chi connectivity index (χ3n) is 9.77. The number of fused-ring (bicyclic) bond motifs is 1. The molecule has 14 heteroatoms. The van der Waals surface area contributed by atoms with Gasteiger partial charge in [-0.15, -0.1) is 11.3 Å². The zero-order chi connectivity index (χ0) is 32.7. The van der Waals surface area contributed by atoms with Crippen molar-refractivity contribution >= 4 is 22.3 Å². The third-order valence-corrected chi connectivity index (χ3v) is 10.9. The van der Waals surface area contributed by atoms with Crippen molar-refractivity contribution in [2.24, 2.45) is 11.8 Å². The molecule has 248 valence electrons. The molecule has 0 unspecified atom stereocenters. The second-order valence-corrected chi connectivity index (χ2v) is 15.1. The summed E-state index contributed by atoms with van der Waals surface area (Å²) < 4.78 is 13.8. The van der Waals surface area contributed by atoms with Crippen molar-refractivity contribution in [3.8, 4) is 23.5 Å². The van der Waals surface area contributed by atoms with Gasteiger partial charge >= 0.3 is 0 Å². The predicted molar refractivity (Wildman–Crippen MR) is 178 cm³/mol. The number of nitriles is 1. The number of thiophene rings is 1. The highest BCUT2D eigenvalue weighted by atomic mass is 32.1. The number of nitrogen functional groups attached to an aromatic ring is 1. The van der Waals surface area contributed by atoms with E-state index >= 15 is 0 Å². The molecule has 2 aliphatic carbocycles. The Balaban J connectivity index is 0.977. The fourth-order valence-electron chi connectivity index (χ4n) is 7.44. The van der Waals surface area contributed by atoms with E-state index < -0.39 is 5.41 Å². The molecule has 1 aliphatic heterocycles. The Morgan fingerprint density at radius 1 is 1.23 bits per heavy atom. The number of hydrogen-bond acceptors (Lipinski definition) is 13. The molecule has 5 heterocycles. The van der Waals surface area contributed by atoms with Crippen LogP contribution >= 0.6 is 11.3 Å². The number of rotatable bonds is 9. The van der Waals surface area contributed by atoms with Gasteiger partial charge in [-0.3, -0.25) is 0 Å². The van der Waals surface area contributed by atoms with Crippen molar-refractivity contribution in [3.05, 3.63) is 40.4 Å². The van der Waals surface area contributed by atoms with Crippen LogP contribution < -0.4 is 15.4 Å². The molecule has 7 rings (SSSR count). The molecule has 0 amide bonds. The summed E-state index contributed by atoms with van der Waals surface area (Å²) in [7, 11) is 0. The molecular weight excluding hydrogens is 615 g/mol. The minimum absolute atomic E-state index is 0.214. The molecular formula is C33H43N11O2S. The molecule has 0 spiro atoms. The number of anilines is 2. The van der Waals surface area contributed by atoms with Crippen LogP contribution in [0.4, 0.5) is 10.9 Å². The molecule has 2 atom stereocenters. The summed E-state index contributed by atoms with van der Waals surface area (Å²) in [5.41, 5.74) is 7.74. The number of ether oxygens (including phenoxy) is 1. The first-order valence-corrected chi connectivity index (χ1v) is 17.6. The van der Waals surface area contributed by atoms with Crippen molar-refractivity contribution in [1.82, 2.24) is 40.0 Å². The summed E-state index contributed by atoms with van der Waals surface area (Å²) >= 11 is 1.50. The fourth-order valence-corrected chi connectivity index (χ4v) is 8.63. The van der Waals surface area contributed by atoms with E-state index in [2.05, 4.69) is 64.0 Å². The number of nitrogens with two attached hydrogens (primary N) is 1. The van der Waals surface area contributed by atoms with Crippen molar-refractivity contribution in [2.75, 3.05) is 36.8 Å². The summed E-state index contributed by atoms with van der Waals surface area (Å²) in [4.78, 5) is 20.4. The zero-order valence-corrected chi connectivity index (χ0v) is 28.4. The molecule has 0 radical (unpaired) electrons. The highest BCUT2D eigenvalue weighted by molar-refractivity contribution is 7.16. The normalized spacial score (nSPS) is 24.9. The van der Waals surface area contributed by atoms with Crippen LogP contribution in [0.25, 0.3) is 11.5 Å². The lowest BCUT2D eigenvalue weighted by Crippen LogP contribution is -2.44. The van der Waals surface area contributed by atoms with Gasteiger partial charge in [-0.2, -0.15) is 10.2 Å². The molecule has 47 heavy (non-hydrogen) atoms. The lowest BCUT2D eigenvalue weighted by molar-refractivity contribution is 0.0398. The molecule has 2 N–H and O–H groups in total. The number of aryl methyl sites for hydroxylation is 1. The summed E-state index contributed by atoms with van der Waals surface area (Å²) in [6.07, 6.45) is 9.68. The van der Waals surface area contributed by atoms with Gasteiger partial charge in [-0.25, -0.2) is 14.6 Å². The second-order valence-electron chi connectivity index (χ2n) is 14.0. The van der Waals surface area contributed by atoms with Crippen LogP contribution in [0.15, 0.2) is 23.0 Å². The van der Waals surface area contributed by atoms with Gasteiger partial charge in [0.25, 0.3) is 5.88 Å². The molecule has 1 saturated carbocycles. The second kappa shape index (κ2) is 12.8. The summed E-state index contributed by atoms with van der Waals surface area (Å²) in [5, 5.41) is 23.1. The Kier molecular flexibility index (Phi) is 8.61. The summed E-state index contributed by atoms with van der Waals surface area (Å²) in [5.74, 6) is 3.36. The van der Waals surface area contributed by atoms with Gasteiger partial charge < -0.3 is 24.8 Å². The minimum atomic E-state index is -0.573. The first-order valence-electron chi connectivity index (χ1n) is 16.7. The first-order chi connectivity index (χ1) is 22.7. The molecule has 0 aromatic carbocycles. The van der Waals surface area contributed by atoms with Crippen LogP contribution in [0.5, 0.6) is 5.88 Å². The van der Waals surface area contributed by atoms with Gasteiger partial charge in [0.1, 0.15) is 22.9 Å². The Bertz CT molecular complexity index is 1750. The highest BCUT2D eigenvalue weighted by Gasteiger charge is 2.43. The molecule has 3 aliphatic rings. The van der Waals surface area contributed by atoms with E-state index in [1.807, 2.05) is 16.9 Å². The Hall–Kier alpha value is -4.09. The highest BCUT2D eigenvalue weighted by Crippen LogP contribution is 2.48. The largest absolute Gasteiger partial charge is 0.472 e. The fraction of sp³-hybridized carbons (Fsp3) is 0.606. The quantitative estimate of drug-likeness (QED) is 0.265. The minimum Gasteiger partial charge on any atom is -0.472 e. The van der Waals surface area contributed by atoms with E-state index in [0.29, 0.717) is 51.6 Å². The van der Waals surface area contributed by atoms with E-state index in [-0.39, 0.29) is 12.1 Å². The lowest BCUT2D eigenvalue weighted by atomic mass is 9.72. The van der Waals surface area contributed by atoms with Crippen LogP contribution in [0.3, 0.4) is 0 Å². The molecule has 13 nitrogen and oxygen atoms in total. The van der Waals surface area contributed by atoms with E-state index in [1.54, 1.807) is 6.20 Å². The van der Waals surface area contributed by atoms with Gasteiger partial charge in [0, 0.05) is 48.9 Å². The molecule has 4 aromatic heterocycles. The van der Waals surface area contributed by atoms with Crippen molar-refractivity contribution < 1.29 is 9.26 Å². The average Bonchev–Trinajstić information content (AvgIpc) is 3.74. The van der Waals surface area contributed by atoms with Gasteiger partial charge in [-0.1, -0.05) is 29.3 Å². The van der Waals surface area contributed by atoms with Crippen molar-refractivity contribution in [1.29, 1.82) is 5.26 Å². The van der Waals surface area contributed by atoms with Gasteiger partial charge in [0.2, 0.25) is 17.7 Å². The van der Waals surface area contributed by atoms with E-state index in [0.717, 1.165) is 81.7 Å². The Morgan fingerprint density at radius 2 is 2.09 bits per heavy atom. The zero-order valence-electron chi connectivity index (χ0n) is 27.6. The summed E-state index contributed by atoms with van der Waals surface area (Å²) in [6.45, 7) is 13.4. The van der Waals surface area contributed by atoms with Gasteiger partial charge in [-0.05, 0) is 76.8 Å². The van der Waals surface area contributed by atoms with E-state index in [9.17, 15) is 5.26 Å². The van der Waals surface area contributed by atoms with Crippen molar-refractivity contribution in [3.63, 3.8) is 0 Å². The maximum atomic E-state index is 9.85. The number of nitrogens with zero attached hydrogens (tertiary/aromatic N) is 10. The van der Waals surface area contributed by atoms with Crippen LogP contribution in [-0.2, 0) is 18.4 Å². The topological polar surface area (TPSA) is 161 Å². The van der Waals surface area contributed by atoms with Crippen LogP contribution in [0.1, 0.15) is 81.7 Å². The molecule has 2 fully saturated rings. The lowest BCUT2D eigenvalue weighted by Gasteiger charge is -2.38. The average molecular weight is 658 g/mol. The smallest absolute Gasteiger partial charge is 0.253 e. The monoisotopic (exact) mass is 657 g/mol. The maximum Gasteiger partial charge on any atom is 0.253 e. The van der Waals surface area contributed by atoms with E-state index in [4.69, 9.17) is 25.0 Å². The van der Waals surface area contributed by atoms with Gasteiger partial charge in [0.15, 0.2) is 0 Å². The molecule has 0 bridgehead atoms. The SMILES string of the molecule is CC(C)Cn1cc(OC2CC(CN3CCCN(c4nccc(-c5noc([C@@]6(C)CCCc7sc(N)c(C#N)c76)n5)n4)[C@@H](C)C3)C2)nn1. The number of hydrogen-bond donors (Lipinski definition) is 1. The Morgan fingerprint density at radius 3 is 2.89 bits per heavy atom. The standard InChI is InChI=1S/C33H43N11O2S/c1-20(2)16-43-19-27(39-41-43)45-23-13-22(14-23)18-42-11-6-12-44(21(3)17-42)32-36-10-8-25(37-32)30-38-31(46-40-30)33(4)9-5-7-26-28(33)24(15-34)29(35)47-26/h8,10,19-23H,5-7,9,11-14,16-18,35H2,1-4H3/t21-,22?,23?,33-/m0/s1. The maximum absolute atomic E-state index is 9.85. The van der Waals surface area contributed by atoms with Crippen LogP contribution in [-0.4, -0.2) is 78.3 Å².